The van der Waals surface area contributed by atoms with E-state index in [-0.39, 0.29) is 11.8 Å². The number of anilines is 1. The number of hydrogen-bond donors (Lipinski definition) is 2. The monoisotopic (exact) mass is 259 g/mol. The van der Waals surface area contributed by atoms with Gasteiger partial charge >= 0.3 is 0 Å². The Morgan fingerprint density at radius 3 is 2.79 bits per heavy atom. The molecule has 1 aromatic carbocycles. The molecule has 1 fully saturated rings. The SMILES string of the molecule is NC(C(=O)N1CCCC1)c1ccc2c(c1)CC(=O)N2. The molecule has 0 aliphatic carbocycles. The summed E-state index contributed by atoms with van der Waals surface area (Å²) in [6, 6.07) is 4.89. The van der Waals surface area contributed by atoms with Crippen LogP contribution < -0.4 is 11.1 Å². The van der Waals surface area contributed by atoms with Gasteiger partial charge in [-0.15, -0.1) is 0 Å². The number of nitrogens with one attached hydrogen (secondary N) is 1. The van der Waals surface area contributed by atoms with Gasteiger partial charge in [0, 0.05) is 18.8 Å². The van der Waals surface area contributed by atoms with Crippen molar-refractivity contribution in [3.8, 4) is 0 Å². The number of rotatable bonds is 2. The van der Waals surface area contributed by atoms with Gasteiger partial charge < -0.3 is 16.0 Å². The molecule has 19 heavy (non-hydrogen) atoms. The van der Waals surface area contributed by atoms with Crippen molar-refractivity contribution in [2.24, 2.45) is 5.73 Å². The van der Waals surface area contributed by atoms with Crippen LogP contribution in [0.3, 0.4) is 0 Å². The summed E-state index contributed by atoms with van der Waals surface area (Å²) < 4.78 is 0. The number of nitrogens with two attached hydrogens (primary N) is 1. The average molecular weight is 259 g/mol. The lowest BCUT2D eigenvalue weighted by Crippen LogP contribution is -2.36. The summed E-state index contributed by atoms with van der Waals surface area (Å²) in [6.45, 7) is 1.61. The summed E-state index contributed by atoms with van der Waals surface area (Å²) in [6.07, 6.45) is 2.48. The average Bonchev–Trinajstić information content (AvgIpc) is 3.03. The third kappa shape index (κ3) is 2.21. The molecular weight excluding hydrogens is 242 g/mol. The van der Waals surface area contributed by atoms with Gasteiger partial charge in [0.1, 0.15) is 6.04 Å². The Bertz CT molecular complexity index is 535. The molecule has 3 rings (SSSR count). The summed E-state index contributed by atoms with van der Waals surface area (Å²) in [7, 11) is 0. The van der Waals surface area contributed by atoms with Crippen LogP contribution in [0, 0.1) is 0 Å². The first-order valence-electron chi connectivity index (χ1n) is 6.62. The minimum absolute atomic E-state index is 0.00779. The third-order valence-corrected chi connectivity index (χ3v) is 3.80. The van der Waals surface area contributed by atoms with Crippen molar-refractivity contribution >= 4 is 17.5 Å². The van der Waals surface area contributed by atoms with Crippen molar-refractivity contribution in [2.75, 3.05) is 18.4 Å². The summed E-state index contributed by atoms with van der Waals surface area (Å²) in [5.74, 6) is -0.0266. The number of benzene rings is 1. The van der Waals surface area contributed by atoms with E-state index in [1.54, 1.807) is 0 Å². The minimum Gasteiger partial charge on any atom is -0.341 e. The van der Waals surface area contributed by atoms with Crippen LogP contribution >= 0.6 is 0 Å². The predicted octanol–water partition coefficient (Wildman–Crippen LogP) is 0.803. The smallest absolute Gasteiger partial charge is 0.244 e. The lowest BCUT2D eigenvalue weighted by molar-refractivity contribution is -0.131. The summed E-state index contributed by atoms with van der Waals surface area (Å²) in [5, 5.41) is 2.77. The van der Waals surface area contributed by atoms with Gasteiger partial charge in [0.15, 0.2) is 0 Å². The normalized spacial score (nSPS) is 19.2. The van der Waals surface area contributed by atoms with Gasteiger partial charge in [-0.2, -0.15) is 0 Å². The van der Waals surface area contributed by atoms with Gasteiger partial charge in [-0.05, 0) is 30.0 Å². The van der Waals surface area contributed by atoms with Crippen molar-refractivity contribution in [2.45, 2.75) is 25.3 Å². The number of carbonyl (C=O) groups excluding carboxylic acids is 2. The predicted molar refractivity (Wildman–Crippen MR) is 71.5 cm³/mol. The van der Waals surface area contributed by atoms with E-state index in [0.29, 0.717) is 6.42 Å². The van der Waals surface area contributed by atoms with Gasteiger partial charge in [-0.3, -0.25) is 9.59 Å². The first kappa shape index (κ1) is 12.2. The summed E-state index contributed by atoms with van der Waals surface area (Å²) in [4.78, 5) is 25.4. The van der Waals surface area contributed by atoms with Crippen LogP contribution in [0.25, 0.3) is 0 Å². The van der Waals surface area contributed by atoms with Gasteiger partial charge in [-0.1, -0.05) is 12.1 Å². The van der Waals surface area contributed by atoms with Crippen LogP contribution in [0.1, 0.15) is 30.0 Å². The van der Waals surface area contributed by atoms with Crippen LogP contribution in [0.4, 0.5) is 5.69 Å². The number of carbonyl (C=O) groups is 2. The molecule has 2 amide bonds. The van der Waals surface area contributed by atoms with Gasteiger partial charge in [0.25, 0.3) is 0 Å². The van der Waals surface area contributed by atoms with E-state index in [1.165, 1.54) is 0 Å². The molecule has 0 spiro atoms. The standard InChI is InChI=1S/C14H17N3O2/c15-13(14(19)17-5-1-2-6-17)9-3-4-11-10(7-9)8-12(18)16-11/h3-4,7,13H,1-2,5-6,8,15H2,(H,16,18). The highest BCUT2D eigenvalue weighted by Crippen LogP contribution is 2.26. The highest BCUT2D eigenvalue weighted by Gasteiger charge is 2.26. The van der Waals surface area contributed by atoms with E-state index in [1.807, 2.05) is 23.1 Å². The van der Waals surface area contributed by atoms with Gasteiger partial charge in [-0.25, -0.2) is 0 Å². The first-order valence-corrected chi connectivity index (χ1v) is 6.62. The fourth-order valence-electron chi connectivity index (χ4n) is 2.72. The summed E-state index contributed by atoms with van der Waals surface area (Å²) in [5.41, 5.74) is 8.59. The molecule has 2 heterocycles. The zero-order valence-electron chi connectivity index (χ0n) is 10.7. The minimum atomic E-state index is -0.626. The number of likely N-dealkylation sites (tertiary alicyclic amines) is 1. The molecule has 0 radical (unpaired) electrons. The van der Waals surface area contributed by atoms with E-state index in [0.717, 1.165) is 42.7 Å². The molecule has 0 saturated carbocycles. The molecule has 5 heteroatoms. The topological polar surface area (TPSA) is 75.4 Å². The fourth-order valence-corrected chi connectivity index (χ4v) is 2.72. The maximum atomic E-state index is 12.2. The van der Waals surface area contributed by atoms with Crippen LogP contribution in [0.5, 0.6) is 0 Å². The van der Waals surface area contributed by atoms with E-state index in [4.69, 9.17) is 5.73 Å². The first-order chi connectivity index (χ1) is 9.15. The molecule has 2 aliphatic heterocycles. The Morgan fingerprint density at radius 2 is 2.05 bits per heavy atom. The molecule has 100 valence electrons. The zero-order valence-corrected chi connectivity index (χ0v) is 10.7. The Kier molecular flexibility index (Phi) is 2.98. The van der Waals surface area contributed by atoms with Crippen LogP contribution in [-0.2, 0) is 16.0 Å². The van der Waals surface area contributed by atoms with Crippen molar-refractivity contribution in [3.63, 3.8) is 0 Å². The highest BCUT2D eigenvalue weighted by atomic mass is 16.2. The maximum absolute atomic E-state index is 12.2. The van der Waals surface area contributed by atoms with E-state index in [9.17, 15) is 9.59 Å². The van der Waals surface area contributed by atoms with Gasteiger partial charge in [0.2, 0.25) is 11.8 Å². The molecular formula is C14H17N3O2. The quantitative estimate of drug-likeness (QED) is 0.825. The third-order valence-electron chi connectivity index (χ3n) is 3.80. The molecule has 1 aromatic rings. The van der Waals surface area contributed by atoms with Crippen LogP contribution in [0.15, 0.2) is 18.2 Å². The summed E-state index contributed by atoms with van der Waals surface area (Å²) >= 11 is 0. The second-order valence-electron chi connectivity index (χ2n) is 5.15. The number of fused-ring (bicyclic) bond motifs is 1. The molecule has 2 aliphatic rings. The molecule has 0 bridgehead atoms. The van der Waals surface area contributed by atoms with E-state index in [2.05, 4.69) is 5.32 Å². The van der Waals surface area contributed by atoms with Crippen molar-refractivity contribution in [1.82, 2.24) is 4.90 Å². The number of hydrogen-bond acceptors (Lipinski definition) is 3. The van der Waals surface area contributed by atoms with E-state index >= 15 is 0 Å². The second-order valence-corrected chi connectivity index (χ2v) is 5.15. The molecule has 5 nitrogen and oxygen atoms in total. The maximum Gasteiger partial charge on any atom is 0.244 e. The second kappa shape index (κ2) is 4.66. The zero-order chi connectivity index (χ0) is 13.4. The Balaban J connectivity index is 1.80. The molecule has 3 N–H and O–H groups in total. The van der Waals surface area contributed by atoms with Crippen molar-refractivity contribution in [1.29, 1.82) is 0 Å². The molecule has 1 saturated heterocycles. The lowest BCUT2D eigenvalue weighted by Gasteiger charge is -2.20. The molecule has 1 unspecified atom stereocenters. The lowest BCUT2D eigenvalue weighted by atomic mass is 10.0. The highest BCUT2D eigenvalue weighted by molar-refractivity contribution is 5.99. The Labute approximate surface area is 111 Å². The van der Waals surface area contributed by atoms with E-state index < -0.39 is 6.04 Å². The fraction of sp³-hybridized carbons (Fsp3) is 0.429. The number of amides is 2. The Morgan fingerprint density at radius 1 is 1.32 bits per heavy atom. The molecule has 1 atom stereocenters. The molecule has 0 aromatic heterocycles. The largest absolute Gasteiger partial charge is 0.341 e. The van der Waals surface area contributed by atoms with Crippen molar-refractivity contribution in [3.05, 3.63) is 29.3 Å². The van der Waals surface area contributed by atoms with Crippen molar-refractivity contribution < 1.29 is 9.59 Å². The Hall–Kier alpha value is -1.88. The van der Waals surface area contributed by atoms with Crippen LogP contribution in [0.2, 0.25) is 0 Å². The van der Waals surface area contributed by atoms with Gasteiger partial charge in [0.05, 0.1) is 6.42 Å². The number of nitrogens with zero attached hydrogens (tertiary/aromatic N) is 1. The van der Waals surface area contributed by atoms with Crippen LogP contribution in [-0.4, -0.2) is 29.8 Å².